The molecule has 4 nitrogen and oxygen atoms in total. The predicted molar refractivity (Wildman–Crippen MR) is 74.2 cm³/mol. The summed E-state index contributed by atoms with van der Waals surface area (Å²) in [6, 6.07) is 4.27. The summed E-state index contributed by atoms with van der Waals surface area (Å²) < 4.78 is 36.4. The van der Waals surface area contributed by atoms with Crippen LogP contribution in [0.1, 0.15) is 6.42 Å². The van der Waals surface area contributed by atoms with Crippen LogP contribution >= 0.6 is 26.6 Å². The summed E-state index contributed by atoms with van der Waals surface area (Å²) >= 11 is 3.21. The Labute approximate surface area is 123 Å². The SMILES string of the molecule is O=C1CC(CS(=O)(=O)Cl)CN1c1cc(Br)ccc1F. The highest BCUT2D eigenvalue weighted by molar-refractivity contribution is 9.10. The lowest BCUT2D eigenvalue weighted by molar-refractivity contribution is -0.117. The third kappa shape index (κ3) is 3.67. The van der Waals surface area contributed by atoms with E-state index in [4.69, 9.17) is 10.7 Å². The second-order valence-electron chi connectivity index (χ2n) is 4.38. The molecule has 1 aromatic carbocycles. The molecule has 1 unspecified atom stereocenters. The number of carbonyl (C=O) groups is 1. The molecule has 1 atom stereocenters. The van der Waals surface area contributed by atoms with Crippen molar-refractivity contribution < 1.29 is 17.6 Å². The zero-order valence-electron chi connectivity index (χ0n) is 9.64. The highest BCUT2D eigenvalue weighted by atomic mass is 79.9. The lowest BCUT2D eigenvalue weighted by Crippen LogP contribution is -2.26. The molecule has 1 heterocycles. The molecule has 0 aromatic heterocycles. The number of rotatable bonds is 3. The van der Waals surface area contributed by atoms with Gasteiger partial charge in [0.25, 0.3) is 0 Å². The van der Waals surface area contributed by atoms with Gasteiger partial charge in [-0.25, -0.2) is 12.8 Å². The molecule has 0 spiro atoms. The van der Waals surface area contributed by atoms with Crippen molar-refractivity contribution in [3.05, 3.63) is 28.5 Å². The molecular weight excluding hydrogens is 361 g/mol. The summed E-state index contributed by atoms with van der Waals surface area (Å²) in [5, 5.41) is 0. The van der Waals surface area contributed by atoms with E-state index in [0.717, 1.165) is 0 Å². The molecule has 104 valence electrons. The van der Waals surface area contributed by atoms with Gasteiger partial charge in [-0.2, -0.15) is 0 Å². The Balaban J connectivity index is 2.23. The van der Waals surface area contributed by atoms with E-state index in [2.05, 4.69) is 15.9 Å². The second kappa shape index (κ2) is 5.38. The van der Waals surface area contributed by atoms with Gasteiger partial charge in [-0.15, -0.1) is 0 Å². The van der Waals surface area contributed by atoms with E-state index in [9.17, 15) is 17.6 Å². The Bertz CT molecular complexity index is 622. The van der Waals surface area contributed by atoms with Crippen molar-refractivity contribution in [2.24, 2.45) is 5.92 Å². The van der Waals surface area contributed by atoms with Gasteiger partial charge in [0.15, 0.2) is 0 Å². The molecule has 1 amide bonds. The summed E-state index contributed by atoms with van der Waals surface area (Å²) in [6.45, 7) is 0.151. The predicted octanol–water partition coefficient (Wildman–Crippen LogP) is 2.51. The van der Waals surface area contributed by atoms with Gasteiger partial charge in [-0.3, -0.25) is 4.79 Å². The molecule has 1 aromatic rings. The zero-order valence-corrected chi connectivity index (χ0v) is 12.8. The number of nitrogens with zero attached hydrogens (tertiary/aromatic N) is 1. The minimum atomic E-state index is -3.66. The Kier molecular flexibility index (Phi) is 4.17. The van der Waals surface area contributed by atoms with Gasteiger partial charge >= 0.3 is 0 Å². The zero-order chi connectivity index (χ0) is 14.2. The summed E-state index contributed by atoms with van der Waals surface area (Å²) in [6.07, 6.45) is 0.0535. The third-order valence-electron chi connectivity index (χ3n) is 2.84. The maximum Gasteiger partial charge on any atom is 0.232 e. The molecule has 0 saturated carbocycles. The lowest BCUT2D eigenvalue weighted by atomic mass is 10.1. The van der Waals surface area contributed by atoms with Gasteiger partial charge in [0.1, 0.15) is 5.82 Å². The molecule has 1 saturated heterocycles. The average molecular weight is 371 g/mol. The van der Waals surface area contributed by atoms with Gasteiger partial charge in [0.05, 0.1) is 11.4 Å². The number of anilines is 1. The third-order valence-corrected chi connectivity index (χ3v) is 4.58. The first-order chi connectivity index (χ1) is 8.76. The number of benzene rings is 1. The van der Waals surface area contributed by atoms with Crippen molar-refractivity contribution in [3.63, 3.8) is 0 Å². The average Bonchev–Trinajstić information content (AvgIpc) is 2.60. The number of amides is 1. The quantitative estimate of drug-likeness (QED) is 0.768. The maximum absolute atomic E-state index is 13.7. The molecule has 1 fully saturated rings. The largest absolute Gasteiger partial charge is 0.309 e. The van der Waals surface area contributed by atoms with Gasteiger partial charge < -0.3 is 4.90 Å². The van der Waals surface area contributed by atoms with E-state index in [-0.39, 0.29) is 30.3 Å². The lowest BCUT2D eigenvalue weighted by Gasteiger charge is -2.17. The highest BCUT2D eigenvalue weighted by Gasteiger charge is 2.34. The van der Waals surface area contributed by atoms with Crippen LogP contribution in [0.25, 0.3) is 0 Å². The summed E-state index contributed by atoms with van der Waals surface area (Å²) in [5.41, 5.74) is 0.147. The smallest absolute Gasteiger partial charge is 0.232 e. The van der Waals surface area contributed by atoms with Crippen molar-refractivity contribution in [2.45, 2.75) is 6.42 Å². The fourth-order valence-corrected chi connectivity index (χ4v) is 3.77. The normalized spacial score (nSPS) is 20.1. The van der Waals surface area contributed by atoms with E-state index >= 15 is 0 Å². The number of hydrogen-bond acceptors (Lipinski definition) is 3. The molecule has 1 aliphatic rings. The van der Waals surface area contributed by atoms with Gasteiger partial charge in [-0.1, -0.05) is 15.9 Å². The summed E-state index contributed by atoms with van der Waals surface area (Å²) in [7, 11) is 1.51. The van der Waals surface area contributed by atoms with Crippen molar-refractivity contribution in [3.8, 4) is 0 Å². The van der Waals surface area contributed by atoms with E-state index in [1.54, 1.807) is 0 Å². The van der Waals surface area contributed by atoms with Crippen LogP contribution in [0.4, 0.5) is 10.1 Å². The fourth-order valence-electron chi connectivity index (χ4n) is 2.10. The van der Waals surface area contributed by atoms with Crippen molar-refractivity contribution >= 4 is 47.3 Å². The Hall–Kier alpha value is -0.660. The van der Waals surface area contributed by atoms with Crippen LogP contribution in [0, 0.1) is 11.7 Å². The number of halogens is 3. The van der Waals surface area contributed by atoms with Crippen LogP contribution in [0.15, 0.2) is 22.7 Å². The van der Waals surface area contributed by atoms with Crippen LogP contribution < -0.4 is 4.90 Å². The van der Waals surface area contributed by atoms with E-state index in [1.165, 1.54) is 23.1 Å². The highest BCUT2D eigenvalue weighted by Crippen LogP contribution is 2.30. The first kappa shape index (κ1) is 14.7. The van der Waals surface area contributed by atoms with Crippen LogP contribution in [-0.2, 0) is 13.8 Å². The Morgan fingerprint density at radius 2 is 2.16 bits per heavy atom. The molecule has 1 aliphatic heterocycles. The standard InChI is InChI=1S/C11H10BrClFNO3S/c12-8-1-2-9(14)10(4-8)15-5-7(3-11(15)16)6-19(13,17)18/h1-2,4,7H,3,5-6H2. The molecule has 19 heavy (non-hydrogen) atoms. The van der Waals surface area contributed by atoms with E-state index in [0.29, 0.717) is 4.47 Å². The van der Waals surface area contributed by atoms with Crippen LogP contribution in [0.5, 0.6) is 0 Å². The fraction of sp³-hybridized carbons (Fsp3) is 0.364. The van der Waals surface area contributed by atoms with E-state index < -0.39 is 20.8 Å². The Morgan fingerprint density at radius 3 is 2.79 bits per heavy atom. The first-order valence-electron chi connectivity index (χ1n) is 5.44. The molecule has 0 radical (unpaired) electrons. The van der Waals surface area contributed by atoms with Crippen LogP contribution in [-0.4, -0.2) is 26.6 Å². The van der Waals surface area contributed by atoms with Gasteiger partial charge in [-0.05, 0) is 18.2 Å². The van der Waals surface area contributed by atoms with Gasteiger partial charge in [0, 0.05) is 34.0 Å². The van der Waals surface area contributed by atoms with Gasteiger partial charge in [0.2, 0.25) is 15.0 Å². The summed E-state index contributed by atoms with van der Waals surface area (Å²) in [5.74, 6) is -1.52. The van der Waals surface area contributed by atoms with Crippen molar-refractivity contribution in [2.75, 3.05) is 17.2 Å². The van der Waals surface area contributed by atoms with Crippen LogP contribution in [0.2, 0.25) is 0 Å². The second-order valence-corrected chi connectivity index (χ2v) is 8.11. The monoisotopic (exact) mass is 369 g/mol. The van der Waals surface area contributed by atoms with Crippen molar-refractivity contribution in [1.82, 2.24) is 0 Å². The Morgan fingerprint density at radius 1 is 1.47 bits per heavy atom. The molecule has 0 aliphatic carbocycles. The molecule has 8 heteroatoms. The number of carbonyl (C=O) groups excluding carboxylic acids is 1. The maximum atomic E-state index is 13.7. The summed E-state index contributed by atoms with van der Waals surface area (Å²) in [4.78, 5) is 13.1. The molecular formula is C11H10BrClFNO3S. The topological polar surface area (TPSA) is 54.5 Å². The van der Waals surface area contributed by atoms with Crippen molar-refractivity contribution in [1.29, 1.82) is 0 Å². The van der Waals surface area contributed by atoms with Crippen LogP contribution in [0.3, 0.4) is 0 Å². The first-order valence-corrected chi connectivity index (χ1v) is 8.71. The molecule has 2 rings (SSSR count). The van der Waals surface area contributed by atoms with E-state index in [1.807, 2.05) is 0 Å². The molecule has 0 bridgehead atoms. The minimum Gasteiger partial charge on any atom is -0.309 e. The number of hydrogen-bond donors (Lipinski definition) is 0. The minimum absolute atomic E-state index is 0.0535. The molecule has 0 N–H and O–H groups in total.